The van der Waals surface area contributed by atoms with Crippen LogP contribution in [0.5, 0.6) is 0 Å². The number of quaternary nitrogens is 1. The van der Waals surface area contributed by atoms with Gasteiger partial charge in [0, 0.05) is 17.1 Å². The number of hydrogen-bond acceptors (Lipinski definition) is 3. The van der Waals surface area contributed by atoms with Crippen LogP contribution in [0.1, 0.15) is 81.0 Å². The molecule has 0 radical (unpaired) electrons. The molecule has 0 aromatic heterocycles. The first-order valence-electron chi connectivity index (χ1n) is 15.3. The maximum Gasteiger partial charge on any atom is 0.238 e. The van der Waals surface area contributed by atoms with E-state index in [2.05, 4.69) is 31.1 Å². The van der Waals surface area contributed by atoms with Crippen LogP contribution in [0.3, 0.4) is 0 Å². The van der Waals surface area contributed by atoms with Crippen molar-refractivity contribution in [3.05, 3.63) is 63.7 Å². The van der Waals surface area contributed by atoms with E-state index >= 15 is 0 Å². The molecule has 2 aromatic rings. The van der Waals surface area contributed by atoms with Crippen molar-refractivity contribution >= 4 is 29.0 Å². The monoisotopic (exact) mass is 649 g/mol. The largest absolute Gasteiger partial charge is 1.00 e. The van der Waals surface area contributed by atoms with Crippen LogP contribution in [-0.2, 0) is 16.0 Å². The molecule has 1 unspecified atom stereocenters. The van der Waals surface area contributed by atoms with Gasteiger partial charge in [0.25, 0.3) is 0 Å². The first kappa shape index (κ1) is 37.3. The summed E-state index contributed by atoms with van der Waals surface area (Å²) in [4.78, 5) is 27.8. The van der Waals surface area contributed by atoms with Crippen molar-refractivity contribution in [1.82, 2.24) is 4.90 Å². The molecular weight excluding hydrogens is 598 g/mol. The fraction of sp³-hybridized carbons (Fsp3) is 0.588. The Morgan fingerprint density at radius 1 is 0.854 bits per heavy atom. The number of amides is 1. The number of Topliss-reactive ketones (excluding diaryl/α,β-unsaturated/α-hetero) is 1. The highest BCUT2D eigenvalue weighted by atomic mass is 79.9. The van der Waals surface area contributed by atoms with E-state index in [4.69, 9.17) is 11.6 Å². The normalized spacial score (nSPS) is 12.6. The zero-order valence-corrected chi connectivity index (χ0v) is 28.7. The van der Waals surface area contributed by atoms with Crippen molar-refractivity contribution in [2.24, 2.45) is 0 Å². The van der Waals surface area contributed by atoms with Gasteiger partial charge in [-0.3, -0.25) is 14.5 Å². The number of carbonyl (C=O) groups is 2. The molecule has 0 fully saturated rings. The van der Waals surface area contributed by atoms with Crippen molar-refractivity contribution in [2.75, 3.05) is 51.6 Å². The number of para-hydroxylation sites is 1. The number of likely N-dealkylation sites (N-methyl/N-ethyl adjacent to an activating group) is 2. The lowest BCUT2D eigenvalue weighted by atomic mass is 10.0. The van der Waals surface area contributed by atoms with Crippen LogP contribution in [0.2, 0.25) is 5.02 Å². The van der Waals surface area contributed by atoms with Gasteiger partial charge < -0.3 is 26.8 Å². The molecule has 0 spiro atoms. The summed E-state index contributed by atoms with van der Waals surface area (Å²) in [7, 11) is 2.23. The predicted molar refractivity (Wildman–Crippen MR) is 170 cm³/mol. The molecule has 5 nitrogen and oxygen atoms in total. The molecule has 0 aliphatic rings. The van der Waals surface area contributed by atoms with Crippen LogP contribution in [0.25, 0.3) is 0 Å². The zero-order chi connectivity index (χ0) is 29.5. The molecule has 0 aliphatic heterocycles. The smallest absolute Gasteiger partial charge is 0.238 e. The van der Waals surface area contributed by atoms with Gasteiger partial charge in [-0.15, -0.1) is 0 Å². The minimum Gasteiger partial charge on any atom is -1.00 e. The molecule has 0 saturated heterocycles. The molecule has 230 valence electrons. The van der Waals surface area contributed by atoms with Crippen molar-refractivity contribution in [3.8, 4) is 0 Å². The fourth-order valence-electron chi connectivity index (χ4n) is 5.66. The molecule has 1 atom stereocenters. The Hall–Kier alpha value is -1.73. The second kappa shape index (κ2) is 19.5. The minimum atomic E-state index is 0. The van der Waals surface area contributed by atoms with Crippen LogP contribution < -0.4 is 22.3 Å². The topological polar surface area (TPSA) is 49.4 Å². The number of rotatable bonds is 19. The van der Waals surface area contributed by atoms with E-state index in [1.54, 1.807) is 0 Å². The Morgan fingerprint density at radius 2 is 1.44 bits per heavy atom. The highest BCUT2D eigenvalue weighted by molar-refractivity contribution is 6.31. The molecule has 7 heteroatoms. The van der Waals surface area contributed by atoms with Gasteiger partial charge >= 0.3 is 0 Å². The third-order valence-electron chi connectivity index (χ3n) is 8.03. The summed E-state index contributed by atoms with van der Waals surface area (Å²) >= 11 is 6.37. The molecule has 0 bridgehead atoms. The summed E-state index contributed by atoms with van der Waals surface area (Å²) in [5, 5.41) is 3.80. The van der Waals surface area contributed by atoms with E-state index in [9.17, 15) is 9.59 Å². The first-order valence-corrected chi connectivity index (χ1v) is 15.6. The average Bonchev–Trinajstić information content (AvgIpc) is 2.89. The van der Waals surface area contributed by atoms with Gasteiger partial charge in [0.2, 0.25) is 5.91 Å². The lowest BCUT2D eigenvalue weighted by molar-refractivity contribution is -0.902. The van der Waals surface area contributed by atoms with E-state index in [-0.39, 0.29) is 28.7 Å². The van der Waals surface area contributed by atoms with Crippen LogP contribution in [-0.4, -0.2) is 67.4 Å². The van der Waals surface area contributed by atoms with Crippen LogP contribution >= 0.6 is 11.6 Å². The highest BCUT2D eigenvalue weighted by Crippen LogP contribution is 2.22. The van der Waals surface area contributed by atoms with Gasteiger partial charge in [0.15, 0.2) is 5.78 Å². The summed E-state index contributed by atoms with van der Waals surface area (Å²) in [6.45, 7) is 15.3. The number of carbonyl (C=O) groups excluding carboxylic acids is 2. The highest BCUT2D eigenvalue weighted by Gasteiger charge is 2.25. The van der Waals surface area contributed by atoms with E-state index in [1.165, 1.54) is 25.7 Å². The van der Waals surface area contributed by atoms with E-state index in [0.717, 1.165) is 77.9 Å². The third kappa shape index (κ3) is 13.4. The number of nitrogens with zero attached hydrogens (tertiary/aromatic N) is 2. The van der Waals surface area contributed by atoms with Crippen molar-refractivity contribution < 1.29 is 31.1 Å². The maximum atomic E-state index is 13.0. The fourth-order valence-corrected chi connectivity index (χ4v) is 5.95. The number of unbranched alkanes of at least 4 members (excludes halogenated alkanes) is 5. The number of nitrogens with one attached hydrogen (secondary N) is 1. The number of ketones is 1. The molecule has 0 saturated carbocycles. The van der Waals surface area contributed by atoms with E-state index < -0.39 is 0 Å². The van der Waals surface area contributed by atoms with Gasteiger partial charge in [-0.2, -0.15) is 0 Å². The quantitative estimate of drug-likeness (QED) is 0.180. The molecular formula is C34H53BrClN3O2. The van der Waals surface area contributed by atoms with Crippen LogP contribution in [0.15, 0.2) is 36.4 Å². The Morgan fingerprint density at radius 3 is 2.05 bits per heavy atom. The Labute approximate surface area is 265 Å². The van der Waals surface area contributed by atoms with Crippen molar-refractivity contribution in [2.45, 2.75) is 86.0 Å². The predicted octanol–water partition coefficient (Wildman–Crippen LogP) is 4.54. The van der Waals surface area contributed by atoms with Crippen molar-refractivity contribution in [3.63, 3.8) is 0 Å². The van der Waals surface area contributed by atoms with Crippen LogP contribution in [0, 0.1) is 20.8 Å². The molecule has 41 heavy (non-hydrogen) atoms. The Kier molecular flexibility index (Phi) is 17.7. The van der Waals surface area contributed by atoms with Gasteiger partial charge in [-0.25, -0.2) is 0 Å². The average molecular weight is 651 g/mol. The lowest BCUT2D eigenvalue weighted by Gasteiger charge is -2.34. The third-order valence-corrected chi connectivity index (χ3v) is 8.38. The number of halogens is 2. The van der Waals surface area contributed by atoms with Crippen LogP contribution in [0.4, 0.5) is 5.69 Å². The summed E-state index contributed by atoms with van der Waals surface area (Å²) in [5.41, 5.74) is 5.21. The maximum absolute atomic E-state index is 13.0. The number of aryl methyl sites for hydroxylation is 3. The van der Waals surface area contributed by atoms with Gasteiger partial charge in [0.1, 0.15) is 6.54 Å². The lowest BCUT2D eigenvalue weighted by Crippen LogP contribution is -3.00. The molecule has 2 aromatic carbocycles. The Balaban J connectivity index is 0.00000840. The SMILES string of the molecule is CCC[N+](C)(CCCCCCCCN(CC)CC(=O)Nc1c(C)cccc1C)CC(=O)Cc1c(C)cccc1Cl.[Br-]. The molecule has 2 rings (SSSR count). The van der Waals surface area contributed by atoms with Gasteiger partial charge in [-0.1, -0.05) is 75.0 Å². The molecule has 0 heterocycles. The molecule has 0 aliphatic carbocycles. The second-order valence-electron chi connectivity index (χ2n) is 11.8. The van der Waals surface area contributed by atoms with Crippen molar-refractivity contribution in [1.29, 1.82) is 0 Å². The minimum absolute atomic E-state index is 0. The summed E-state index contributed by atoms with van der Waals surface area (Å²) < 4.78 is 0.814. The summed E-state index contributed by atoms with van der Waals surface area (Å²) in [5.74, 6) is 0.336. The number of hydrogen-bond donors (Lipinski definition) is 1. The standard InChI is InChI=1S/C34H52ClN3O2.BrH/c1-7-22-38(6,26-30(39)24-31-27(3)17-16-20-32(31)35)23-14-12-10-9-11-13-21-37(8-2)25-33(40)36-34-28(4)18-15-19-29(34)5;/h15-20H,7-14,21-26H2,1-6H3;1H. The zero-order valence-electron chi connectivity index (χ0n) is 26.3. The van der Waals surface area contributed by atoms with Gasteiger partial charge in [-0.05, 0) is 87.9 Å². The Bertz CT molecular complexity index is 1050. The van der Waals surface area contributed by atoms with E-state index in [0.29, 0.717) is 24.5 Å². The second-order valence-corrected chi connectivity index (χ2v) is 12.2. The first-order chi connectivity index (χ1) is 19.1. The molecule has 1 amide bonds. The molecule has 1 N–H and O–H groups in total. The number of anilines is 1. The summed E-state index contributed by atoms with van der Waals surface area (Å²) in [6.07, 6.45) is 8.58. The van der Waals surface area contributed by atoms with Gasteiger partial charge in [0.05, 0.1) is 26.7 Å². The number of benzene rings is 2. The summed E-state index contributed by atoms with van der Waals surface area (Å²) in [6, 6.07) is 11.9. The van der Waals surface area contributed by atoms with E-state index in [1.807, 2.05) is 57.2 Å².